The average Bonchev–Trinajstić information content (AvgIpc) is 3.91. The number of para-hydroxylation sites is 2. The molecule has 2 heterocycles. The normalized spacial score (nSPS) is 19.9. The van der Waals surface area contributed by atoms with Crippen molar-refractivity contribution in [2.75, 3.05) is 4.90 Å². The lowest BCUT2D eigenvalue weighted by molar-refractivity contribution is 0.669. The SMILES string of the molecule is [2H]c1c([2H])c([2H])c(N(c2c([2H])c([2H])c(-c3c([2H])c([2H])c4oc5c([2H])c([2H])c([2H])c([2H])c5c4c3[2H])c([2H])c2[2H])c2c([2H])c([2H])c([2H])c3oc4c5c([2H])c([2H])c([2H])c([2H])c5c([2H])c([2H])c4c23)c([2H])c1[2H]. The van der Waals surface area contributed by atoms with E-state index >= 15 is 0 Å². The van der Waals surface area contributed by atoms with Crippen LogP contribution in [0.15, 0.2) is 160 Å². The van der Waals surface area contributed by atoms with Gasteiger partial charge in [0.1, 0.15) is 22.3 Å². The van der Waals surface area contributed by atoms with Gasteiger partial charge in [-0.1, -0.05) is 90.6 Å². The molecule has 9 rings (SSSR count). The summed E-state index contributed by atoms with van der Waals surface area (Å²) in [4.78, 5) is 0.498. The molecule has 0 amide bonds. The number of benzene rings is 7. The van der Waals surface area contributed by atoms with E-state index in [4.69, 9.17) is 33.5 Å². The van der Waals surface area contributed by atoms with Crippen molar-refractivity contribution in [3.05, 3.63) is 151 Å². The predicted octanol–water partition coefficient (Wildman–Crippen LogP) is 11.8. The van der Waals surface area contributed by atoms with Gasteiger partial charge in [-0.25, -0.2) is 0 Å². The number of nitrogens with zero attached hydrogens (tertiary/aromatic N) is 1. The number of fused-ring (bicyclic) bond motifs is 8. The van der Waals surface area contributed by atoms with Crippen molar-refractivity contribution in [3.63, 3.8) is 0 Å². The summed E-state index contributed by atoms with van der Waals surface area (Å²) in [5, 5.41) is -2.96. The fraction of sp³-hybridized carbons (Fsp3) is 0. The first-order chi connectivity index (χ1) is 31.7. The molecule has 0 saturated heterocycles. The number of hydrogen-bond acceptors (Lipinski definition) is 3. The van der Waals surface area contributed by atoms with Crippen molar-refractivity contribution in [1.82, 2.24) is 0 Å². The van der Waals surface area contributed by atoms with Crippen LogP contribution in [0.4, 0.5) is 17.1 Å². The first-order valence-electron chi connectivity index (χ1n) is 25.0. The third-order valence-corrected chi connectivity index (χ3v) is 6.63. The molecule has 43 heavy (non-hydrogen) atoms. The van der Waals surface area contributed by atoms with E-state index in [0.717, 1.165) is 0 Å². The second kappa shape index (κ2) is 9.37. The van der Waals surface area contributed by atoms with Crippen molar-refractivity contribution in [3.8, 4) is 11.1 Å². The molecule has 0 aliphatic carbocycles. The van der Waals surface area contributed by atoms with Gasteiger partial charge in [-0.15, -0.1) is 0 Å². The van der Waals surface area contributed by atoms with Crippen molar-refractivity contribution < 1.29 is 43.1 Å². The first kappa shape index (κ1) is 9.89. The lowest BCUT2D eigenvalue weighted by Crippen LogP contribution is -2.10. The molecule has 0 bridgehead atoms. The van der Waals surface area contributed by atoms with Crippen LogP contribution >= 0.6 is 0 Å². The van der Waals surface area contributed by atoms with Crippen molar-refractivity contribution >= 4 is 71.7 Å². The summed E-state index contributed by atoms with van der Waals surface area (Å²) < 4.78 is 232. The molecular formula is C40H25NO2. The van der Waals surface area contributed by atoms with Gasteiger partial charge in [0.25, 0.3) is 0 Å². The topological polar surface area (TPSA) is 29.5 Å². The summed E-state index contributed by atoms with van der Waals surface area (Å²) in [6.07, 6.45) is 0. The van der Waals surface area contributed by atoms with Crippen LogP contribution in [-0.4, -0.2) is 0 Å². The second-order valence-electron chi connectivity index (χ2n) is 9.03. The zero-order chi connectivity index (χ0) is 50.1. The standard InChI is InChI=1S/C40H25NO2/c1-2-10-29(11-3-1)41(35-14-8-16-38-39(35)33-23-19-27-9-4-5-12-31(27)40(33)43-38)30-21-17-26(18-22-30)28-20-24-37-34(25-28)32-13-6-7-15-36(32)42-37/h1-25H/i1D,2D,3D,4D,5D,6D,7D,8D,9D,10D,11D,12D,13D,14D,15D,16D,17D,18D,19D,20D,21D,22D,23D,24D,25D. The van der Waals surface area contributed by atoms with E-state index in [0.29, 0.717) is 4.90 Å². The Hall–Kier alpha value is -5.80. The van der Waals surface area contributed by atoms with Crippen LogP contribution in [0.2, 0.25) is 0 Å². The van der Waals surface area contributed by atoms with E-state index < -0.39 is 229 Å². The van der Waals surface area contributed by atoms with E-state index in [-0.39, 0.29) is 5.39 Å². The van der Waals surface area contributed by atoms with Crippen LogP contribution in [0.1, 0.15) is 34.3 Å². The maximum Gasteiger partial charge on any atom is 0.143 e. The molecule has 3 heteroatoms. The summed E-state index contributed by atoms with van der Waals surface area (Å²) in [6.45, 7) is 0. The Labute approximate surface area is 282 Å². The first-order valence-corrected chi connectivity index (χ1v) is 12.5. The highest BCUT2D eigenvalue weighted by atomic mass is 16.3. The van der Waals surface area contributed by atoms with Crippen LogP contribution in [0.5, 0.6) is 0 Å². The zero-order valence-corrected chi connectivity index (χ0v) is 21.3. The summed E-state index contributed by atoms with van der Waals surface area (Å²) in [7, 11) is 0. The fourth-order valence-electron chi connectivity index (χ4n) is 4.78. The summed E-state index contributed by atoms with van der Waals surface area (Å²) in [6, 6.07) is -22.7. The van der Waals surface area contributed by atoms with Crippen LogP contribution in [0.3, 0.4) is 0 Å². The molecule has 9 aromatic rings. The molecule has 0 fully saturated rings. The third-order valence-electron chi connectivity index (χ3n) is 6.63. The number of furan rings is 2. The highest BCUT2D eigenvalue weighted by molar-refractivity contribution is 6.19. The summed E-state index contributed by atoms with van der Waals surface area (Å²) in [5.41, 5.74) is -6.70. The molecule has 2 aromatic heterocycles. The minimum absolute atomic E-state index is 0.388. The highest BCUT2D eigenvalue weighted by Gasteiger charge is 2.20. The fourth-order valence-corrected chi connectivity index (χ4v) is 4.78. The molecule has 0 aliphatic rings. The molecule has 0 atom stereocenters. The van der Waals surface area contributed by atoms with Crippen LogP contribution in [-0.2, 0) is 0 Å². The zero-order valence-electron chi connectivity index (χ0n) is 46.3. The lowest BCUT2D eigenvalue weighted by Gasteiger charge is -2.26. The monoisotopic (exact) mass is 576 g/mol. The van der Waals surface area contributed by atoms with Gasteiger partial charge in [0.05, 0.1) is 45.3 Å². The van der Waals surface area contributed by atoms with Gasteiger partial charge in [-0.3, -0.25) is 0 Å². The van der Waals surface area contributed by atoms with Crippen LogP contribution in [0, 0.1) is 0 Å². The largest absolute Gasteiger partial charge is 0.456 e. The minimum Gasteiger partial charge on any atom is -0.456 e. The smallest absolute Gasteiger partial charge is 0.143 e. The molecule has 7 aromatic carbocycles. The molecule has 0 saturated carbocycles. The summed E-state index contributed by atoms with van der Waals surface area (Å²) in [5.74, 6) is 0. The van der Waals surface area contributed by atoms with Crippen LogP contribution < -0.4 is 4.90 Å². The predicted molar refractivity (Wildman–Crippen MR) is 179 cm³/mol. The number of rotatable bonds is 4. The van der Waals surface area contributed by atoms with Gasteiger partial charge < -0.3 is 13.7 Å². The maximum atomic E-state index is 9.50. The Morgan fingerprint density at radius 1 is 0.442 bits per heavy atom. The van der Waals surface area contributed by atoms with E-state index in [1.807, 2.05) is 0 Å². The number of hydrogen-bond donors (Lipinski definition) is 0. The highest BCUT2D eigenvalue weighted by Crippen LogP contribution is 2.44. The van der Waals surface area contributed by atoms with Gasteiger partial charge >= 0.3 is 0 Å². The lowest BCUT2D eigenvalue weighted by atomic mass is 10.0. The van der Waals surface area contributed by atoms with Crippen LogP contribution in [0.25, 0.3) is 65.8 Å². The van der Waals surface area contributed by atoms with Crippen molar-refractivity contribution in [2.45, 2.75) is 0 Å². The minimum atomic E-state index is -1.16. The molecule has 0 aliphatic heterocycles. The number of anilines is 3. The van der Waals surface area contributed by atoms with Gasteiger partial charge in [-0.05, 0) is 76.9 Å². The molecule has 3 nitrogen and oxygen atoms in total. The van der Waals surface area contributed by atoms with Crippen molar-refractivity contribution in [2.24, 2.45) is 0 Å². The van der Waals surface area contributed by atoms with E-state index in [1.54, 1.807) is 0 Å². The summed E-state index contributed by atoms with van der Waals surface area (Å²) >= 11 is 0. The Morgan fingerprint density at radius 3 is 2.02 bits per heavy atom. The molecule has 0 spiro atoms. The van der Waals surface area contributed by atoms with Gasteiger partial charge in [0.15, 0.2) is 0 Å². The van der Waals surface area contributed by atoms with E-state index in [1.165, 1.54) is 0 Å². The van der Waals surface area contributed by atoms with Crippen molar-refractivity contribution in [1.29, 1.82) is 0 Å². The third kappa shape index (κ3) is 3.75. The molecule has 0 N–H and O–H groups in total. The Morgan fingerprint density at radius 2 is 1.14 bits per heavy atom. The van der Waals surface area contributed by atoms with Gasteiger partial charge in [0, 0.05) is 32.9 Å². The second-order valence-corrected chi connectivity index (χ2v) is 9.03. The molecular weight excluding hydrogens is 526 g/mol. The molecule has 0 radical (unpaired) electrons. The molecule has 0 unspecified atom stereocenters. The average molecular weight is 577 g/mol. The Kier molecular flexibility index (Phi) is 2.15. The molecule has 202 valence electrons. The quantitative estimate of drug-likeness (QED) is 0.209. The van der Waals surface area contributed by atoms with Gasteiger partial charge in [0.2, 0.25) is 0 Å². The Bertz CT molecular complexity index is 3820. The Balaban J connectivity index is 1.49. The van der Waals surface area contributed by atoms with E-state index in [9.17, 15) is 9.60 Å². The van der Waals surface area contributed by atoms with Gasteiger partial charge in [-0.2, -0.15) is 0 Å². The van der Waals surface area contributed by atoms with E-state index in [2.05, 4.69) is 0 Å². The maximum absolute atomic E-state index is 9.50.